The van der Waals surface area contributed by atoms with Crippen molar-refractivity contribution in [3.8, 4) is 0 Å². The standard InChI is InChI=1S/C21H24ClN3O2/c22-19-10-3-2-7-17(19)14-23-15-20(26)24-18-9-6-8-16(13-18)21(27)25-11-4-1-5-12-25/h2-3,6-10,13,23H,1,4-5,11-12,14-15H2,(H,24,26). The van der Waals surface area contributed by atoms with Crippen molar-refractivity contribution >= 4 is 29.1 Å². The molecule has 2 amide bonds. The molecule has 2 N–H and O–H groups in total. The van der Waals surface area contributed by atoms with Crippen LogP contribution in [0.5, 0.6) is 0 Å². The largest absolute Gasteiger partial charge is 0.339 e. The Morgan fingerprint density at radius 1 is 1.00 bits per heavy atom. The van der Waals surface area contributed by atoms with E-state index in [1.807, 2.05) is 29.2 Å². The van der Waals surface area contributed by atoms with Crippen LogP contribution in [-0.4, -0.2) is 36.3 Å². The van der Waals surface area contributed by atoms with Gasteiger partial charge < -0.3 is 15.5 Å². The van der Waals surface area contributed by atoms with Crippen molar-refractivity contribution in [1.29, 1.82) is 0 Å². The van der Waals surface area contributed by atoms with E-state index in [0.29, 0.717) is 22.8 Å². The van der Waals surface area contributed by atoms with E-state index >= 15 is 0 Å². The molecule has 1 aliphatic rings. The Kier molecular flexibility index (Phi) is 6.85. The molecule has 0 aliphatic carbocycles. The zero-order valence-electron chi connectivity index (χ0n) is 15.2. The van der Waals surface area contributed by atoms with E-state index in [4.69, 9.17) is 11.6 Å². The molecule has 0 bridgehead atoms. The summed E-state index contributed by atoms with van der Waals surface area (Å²) in [5, 5.41) is 6.59. The van der Waals surface area contributed by atoms with Crippen LogP contribution >= 0.6 is 11.6 Å². The summed E-state index contributed by atoms with van der Waals surface area (Å²) in [6.07, 6.45) is 3.29. The lowest BCUT2D eigenvalue weighted by Crippen LogP contribution is -2.35. The van der Waals surface area contributed by atoms with E-state index in [2.05, 4.69) is 10.6 Å². The molecule has 1 saturated heterocycles. The second-order valence-electron chi connectivity index (χ2n) is 6.68. The predicted octanol–water partition coefficient (Wildman–Crippen LogP) is 3.69. The minimum atomic E-state index is -0.162. The lowest BCUT2D eigenvalue weighted by molar-refractivity contribution is -0.115. The number of carbonyl (C=O) groups is 2. The van der Waals surface area contributed by atoms with Crippen LogP contribution in [-0.2, 0) is 11.3 Å². The zero-order valence-corrected chi connectivity index (χ0v) is 16.0. The van der Waals surface area contributed by atoms with Crippen LogP contribution in [0.15, 0.2) is 48.5 Å². The van der Waals surface area contributed by atoms with Gasteiger partial charge in [0.1, 0.15) is 0 Å². The second kappa shape index (κ2) is 9.53. The Labute approximate surface area is 164 Å². The summed E-state index contributed by atoms with van der Waals surface area (Å²) < 4.78 is 0. The van der Waals surface area contributed by atoms with E-state index in [-0.39, 0.29) is 18.4 Å². The summed E-state index contributed by atoms with van der Waals surface area (Å²) in [7, 11) is 0. The minimum Gasteiger partial charge on any atom is -0.339 e. The summed E-state index contributed by atoms with van der Waals surface area (Å²) in [5.41, 5.74) is 2.18. The van der Waals surface area contributed by atoms with E-state index in [9.17, 15) is 9.59 Å². The quantitative estimate of drug-likeness (QED) is 0.797. The number of nitrogens with one attached hydrogen (secondary N) is 2. The summed E-state index contributed by atoms with van der Waals surface area (Å²) in [4.78, 5) is 26.6. The monoisotopic (exact) mass is 385 g/mol. The Morgan fingerprint density at radius 3 is 2.56 bits per heavy atom. The first-order valence-corrected chi connectivity index (χ1v) is 9.64. The highest BCUT2D eigenvalue weighted by atomic mass is 35.5. The molecule has 1 aliphatic heterocycles. The molecule has 5 nitrogen and oxygen atoms in total. The van der Waals surface area contributed by atoms with Crippen molar-refractivity contribution in [3.05, 3.63) is 64.7 Å². The van der Waals surface area contributed by atoms with Crippen LogP contribution in [0, 0.1) is 0 Å². The Bertz CT molecular complexity index is 804. The number of piperidine rings is 1. The Hall–Kier alpha value is -2.37. The zero-order chi connectivity index (χ0) is 19.1. The topological polar surface area (TPSA) is 61.4 Å². The van der Waals surface area contributed by atoms with Gasteiger partial charge in [-0.25, -0.2) is 0 Å². The number of nitrogens with zero attached hydrogens (tertiary/aromatic N) is 1. The number of hydrogen-bond donors (Lipinski definition) is 2. The number of amides is 2. The van der Waals surface area contributed by atoms with E-state index in [0.717, 1.165) is 31.5 Å². The van der Waals surface area contributed by atoms with Gasteiger partial charge in [0.2, 0.25) is 5.91 Å². The van der Waals surface area contributed by atoms with Gasteiger partial charge in [0.15, 0.2) is 0 Å². The number of anilines is 1. The van der Waals surface area contributed by atoms with E-state index < -0.39 is 0 Å². The van der Waals surface area contributed by atoms with Crippen LogP contribution in [0.2, 0.25) is 5.02 Å². The number of halogens is 1. The van der Waals surface area contributed by atoms with Crippen molar-refractivity contribution in [2.24, 2.45) is 0 Å². The molecule has 1 heterocycles. The number of benzene rings is 2. The molecule has 27 heavy (non-hydrogen) atoms. The lowest BCUT2D eigenvalue weighted by atomic mass is 10.1. The van der Waals surface area contributed by atoms with Gasteiger partial charge in [-0.15, -0.1) is 0 Å². The van der Waals surface area contributed by atoms with Crippen molar-refractivity contribution in [1.82, 2.24) is 10.2 Å². The first kappa shape index (κ1) is 19.4. The molecule has 0 saturated carbocycles. The van der Waals surface area contributed by atoms with Crippen molar-refractivity contribution in [2.45, 2.75) is 25.8 Å². The van der Waals surface area contributed by atoms with Crippen LogP contribution in [0.3, 0.4) is 0 Å². The van der Waals surface area contributed by atoms with Crippen LogP contribution in [0.1, 0.15) is 35.2 Å². The van der Waals surface area contributed by atoms with Gasteiger partial charge in [0.25, 0.3) is 5.91 Å². The molecule has 142 valence electrons. The van der Waals surface area contributed by atoms with Crippen LogP contribution in [0.4, 0.5) is 5.69 Å². The molecular weight excluding hydrogens is 362 g/mol. The van der Waals surface area contributed by atoms with Gasteiger partial charge in [0.05, 0.1) is 6.54 Å². The molecule has 1 fully saturated rings. The van der Waals surface area contributed by atoms with Gasteiger partial charge >= 0.3 is 0 Å². The smallest absolute Gasteiger partial charge is 0.253 e. The normalized spacial score (nSPS) is 14.0. The second-order valence-corrected chi connectivity index (χ2v) is 7.08. The average molecular weight is 386 g/mol. The van der Waals surface area contributed by atoms with E-state index in [1.165, 1.54) is 6.42 Å². The van der Waals surface area contributed by atoms with Gasteiger partial charge in [-0.1, -0.05) is 35.9 Å². The van der Waals surface area contributed by atoms with Crippen molar-refractivity contribution in [3.63, 3.8) is 0 Å². The third-order valence-corrected chi connectivity index (χ3v) is 4.96. The molecule has 2 aromatic rings. The lowest BCUT2D eigenvalue weighted by Gasteiger charge is -2.26. The highest BCUT2D eigenvalue weighted by Crippen LogP contribution is 2.17. The minimum absolute atomic E-state index is 0.0302. The highest BCUT2D eigenvalue weighted by molar-refractivity contribution is 6.31. The molecular formula is C21H24ClN3O2. The fraction of sp³-hybridized carbons (Fsp3) is 0.333. The predicted molar refractivity (Wildman–Crippen MR) is 108 cm³/mol. The van der Waals surface area contributed by atoms with E-state index in [1.54, 1.807) is 24.3 Å². The third-order valence-electron chi connectivity index (χ3n) is 4.60. The maximum Gasteiger partial charge on any atom is 0.253 e. The maximum atomic E-state index is 12.6. The van der Waals surface area contributed by atoms with Crippen molar-refractivity contribution < 1.29 is 9.59 Å². The van der Waals surface area contributed by atoms with Gasteiger partial charge in [-0.3, -0.25) is 9.59 Å². The van der Waals surface area contributed by atoms with Crippen molar-refractivity contribution in [2.75, 3.05) is 25.0 Å². The maximum absolute atomic E-state index is 12.6. The molecule has 0 atom stereocenters. The Balaban J connectivity index is 1.52. The van der Waals surface area contributed by atoms with Gasteiger partial charge in [-0.2, -0.15) is 0 Å². The molecule has 0 unspecified atom stereocenters. The molecule has 6 heteroatoms. The fourth-order valence-corrected chi connectivity index (χ4v) is 3.37. The fourth-order valence-electron chi connectivity index (χ4n) is 3.17. The number of likely N-dealkylation sites (tertiary alicyclic amines) is 1. The number of rotatable bonds is 6. The first-order valence-electron chi connectivity index (χ1n) is 9.27. The number of carbonyl (C=O) groups excluding carboxylic acids is 2. The molecule has 0 spiro atoms. The first-order chi connectivity index (χ1) is 13.1. The van der Waals surface area contributed by atoms with Crippen LogP contribution in [0.25, 0.3) is 0 Å². The Morgan fingerprint density at radius 2 is 1.78 bits per heavy atom. The summed E-state index contributed by atoms with van der Waals surface area (Å²) in [5.74, 6) is -0.132. The molecule has 0 radical (unpaired) electrons. The molecule has 0 aromatic heterocycles. The molecule has 3 rings (SSSR count). The summed E-state index contributed by atoms with van der Waals surface area (Å²) in [6, 6.07) is 14.6. The third kappa shape index (κ3) is 5.55. The number of hydrogen-bond acceptors (Lipinski definition) is 3. The SMILES string of the molecule is O=C(CNCc1ccccc1Cl)Nc1cccc(C(=O)N2CCCCC2)c1. The van der Waals surface area contributed by atoms with Crippen LogP contribution < -0.4 is 10.6 Å². The van der Waals surface area contributed by atoms with Gasteiger partial charge in [-0.05, 0) is 49.1 Å². The highest BCUT2D eigenvalue weighted by Gasteiger charge is 2.18. The summed E-state index contributed by atoms with van der Waals surface area (Å²) in [6.45, 7) is 2.29. The summed E-state index contributed by atoms with van der Waals surface area (Å²) >= 11 is 6.10. The molecule has 2 aromatic carbocycles. The van der Waals surface area contributed by atoms with Gasteiger partial charge in [0, 0.05) is 35.9 Å². The average Bonchev–Trinajstić information content (AvgIpc) is 2.70.